The number of likely N-dealkylation sites (N-methyl/N-ethyl adjacent to an activating group) is 1. The van der Waals surface area contributed by atoms with Gasteiger partial charge in [-0.25, -0.2) is 4.79 Å². The van der Waals surface area contributed by atoms with E-state index in [1.54, 1.807) is 72.1 Å². The van der Waals surface area contributed by atoms with Crippen LogP contribution in [0, 0.1) is 23.7 Å². The van der Waals surface area contributed by atoms with Gasteiger partial charge in [0.1, 0.15) is 29.5 Å². The second kappa shape index (κ2) is 28.2. The maximum atomic E-state index is 14.6. The number of carboxylic acid groups (broad SMARTS) is 1. The molecule has 0 saturated carbocycles. The van der Waals surface area contributed by atoms with Crippen LogP contribution in [-0.2, 0) is 70.1 Å². The summed E-state index contributed by atoms with van der Waals surface area (Å²) in [5.41, 5.74) is -4.39. The third kappa shape index (κ3) is 15.9. The average molecular weight is 1160 g/mol. The second-order valence-electron chi connectivity index (χ2n) is 23.1. The van der Waals surface area contributed by atoms with Crippen molar-refractivity contribution in [2.45, 2.75) is 205 Å². The molecule has 24 heteroatoms. The van der Waals surface area contributed by atoms with Gasteiger partial charge in [0.25, 0.3) is 10.1 Å². The van der Waals surface area contributed by atoms with E-state index in [2.05, 4.69) is 10.5 Å². The number of benzene rings is 1. The Balaban J connectivity index is 1.39. The molecule has 6 N–H and O–H groups in total. The summed E-state index contributed by atoms with van der Waals surface area (Å²) in [7, 11) is 2.27. The van der Waals surface area contributed by atoms with E-state index in [0.717, 1.165) is 5.56 Å². The van der Waals surface area contributed by atoms with E-state index < -0.39 is 135 Å². The number of aliphatic hydroxyl groups excluding tert-OH is 2. The first-order valence-corrected chi connectivity index (χ1v) is 29.5. The molecule has 3 aliphatic heterocycles. The van der Waals surface area contributed by atoms with Crippen molar-refractivity contribution >= 4 is 38.7 Å². The summed E-state index contributed by atoms with van der Waals surface area (Å²) in [5.74, 6) is -6.26. The molecule has 0 aliphatic carbocycles. The quantitative estimate of drug-likeness (QED) is 0.0340. The molecule has 3 aliphatic rings. The molecule has 0 unspecified atom stereocenters. The van der Waals surface area contributed by atoms with Gasteiger partial charge in [0.15, 0.2) is 12.6 Å². The fraction of sp³-hybridized carbons (Fsp3) is 0.786. The predicted octanol–water partition coefficient (Wildman–Crippen LogP) is 3.80. The van der Waals surface area contributed by atoms with Crippen LogP contribution in [0.15, 0.2) is 34.3 Å². The van der Waals surface area contributed by atoms with Gasteiger partial charge in [0.2, 0.25) is 12.2 Å². The van der Waals surface area contributed by atoms with E-state index in [1.807, 2.05) is 38.9 Å². The number of pyridine rings is 1. The zero-order chi connectivity index (χ0) is 59.8. The number of esters is 1. The molecule has 3 fully saturated rings. The number of carbonyl (C=O) groups excluding carboxylic acids is 1. The van der Waals surface area contributed by atoms with E-state index in [4.69, 9.17) is 42.2 Å². The minimum atomic E-state index is -4.22. The number of hydrogen-bond acceptors (Lipinski definition) is 21. The Morgan fingerprint density at radius 3 is 2.25 bits per heavy atom. The number of hydrogen-bond donors (Lipinski definition) is 6. The Kier molecular flexibility index (Phi) is 23.7. The van der Waals surface area contributed by atoms with E-state index in [1.165, 1.54) is 27.3 Å². The first kappa shape index (κ1) is 67.1. The predicted molar refractivity (Wildman–Crippen MR) is 296 cm³/mol. The number of aromatic nitrogens is 1. The van der Waals surface area contributed by atoms with Gasteiger partial charge in [-0.2, -0.15) is 8.42 Å². The Morgan fingerprint density at radius 1 is 0.950 bits per heavy atom. The lowest BCUT2D eigenvalue weighted by atomic mass is 9.73. The highest BCUT2D eigenvalue weighted by atomic mass is 32.2. The highest BCUT2D eigenvalue weighted by Crippen LogP contribution is 2.42. The summed E-state index contributed by atoms with van der Waals surface area (Å²) in [5, 5.41) is 66.2. The zero-order valence-electron chi connectivity index (χ0n) is 49.4. The highest BCUT2D eigenvalue weighted by molar-refractivity contribution is 7.86. The third-order valence-electron chi connectivity index (χ3n) is 16.5. The largest absolute Gasteiger partial charge is 0.477 e. The lowest BCUT2D eigenvalue weighted by Crippen LogP contribution is -2.61. The van der Waals surface area contributed by atoms with Crippen molar-refractivity contribution in [2.75, 3.05) is 54.0 Å². The standard InChI is InChI=1S/C56H92N4O19S/c1-16-42-56(11,68)48(63)33(5)44(58-73-30-71-14)31(3)27-54(9,67)49(78-53-46(62)41(59(12)13)25-32(4)74-53)34(6)47(35(7)52(66)76-42)77-43-28-55(10,72-15)50(36(8)75-43)79-80(69,70)24-23-57-22-18-19-37-20-21-40-38(26-37)45(61)39(51(64)65)29-60(40)17-2/h20-21,26,29,31-36,41-43,46-50,53,57,62-63,67-68H,16-19,22-25,27-28,30H2,1-15H3,(H,64,65)/b58-44+/t31-,32-,33+,34+,35-,36+,41+,42-,43+,46-,47+,48-,49-,50+,53+,54-,55-,56-/m1/s1. The summed E-state index contributed by atoms with van der Waals surface area (Å²) in [4.78, 5) is 46.7. The molecular weight excluding hydrogens is 1060 g/mol. The van der Waals surface area contributed by atoms with Crippen LogP contribution in [0.4, 0.5) is 0 Å². The molecule has 0 amide bonds. The molecule has 456 valence electrons. The van der Waals surface area contributed by atoms with Gasteiger partial charge in [-0.15, -0.1) is 0 Å². The van der Waals surface area contributed by atoms with E-state index in [9.17, 15) is 48.3 Å². The topological polar surface area (TPSA) is 302 Å². The minimum absolute atomic E-state index is 0.0413. The molecule has 0 bridgehead atoms. The van der Waals surface area contributed by atoms with Crippen LogP contribution in [0.3, 0.4) is 0 Å². The Labute approximate surface area is 471 Å². The van der Waals surface area contributed by atoms with Crippen LogP contribution in [0.2, 0.25) is 0 Å². The normalized spacial score (nSPS) is 36.7. The SMILES string of the molecule is CC[C@H]1OC(=O)[C@H](C)[C@@H](O[C@H]2C[C@@](C)(OC)[C@@H](OS(=O)(=O)CCNCCCc3ccc4c(c3)c(=O)c(C(=O)O)cn4CC)[C@H](C)O2)[C@H](C)[C@@H](O[C@@H]2O[C@H](C)C[C@H](N(C)C)[C@H]2O)[C@](C)(O)C[C@@H](C)/C(=N\OCOC)[C@H](C)[C@@H](O)[C@]1(C)O. The Morgan fingerprint density at radius 2 is 1.64 bits per heavy atom. The van der Waals surface area contributed by atoms with Crippen LogP contribution < -0.4 is 10.7 Å². The third-order valence-corrected chi connectivity index (χ3v) is 17.7. The lowest BCUT2D eigenvalue weighted by molar-refractivity contribution is -0.316. The van der Waals surface area contributed by atoms with Gasteiger partial charge in [-0.1, -0.05) is 38.9 Å². The molecule has 1 aromatic carbocycles. The van der Waals surface area contributed by atoms with E-state index >= 15 is 0 Å². The molecule has 80 heavy (non-hydrogen) atoms. The smallest absolute Gasteiger partial charge is 0.341 e. The highest BCUT2D eigenvalue weighted by Gasteiger charge is 2.54. The zero-order valence-corrected chi connectivity index (χ0v) is 50.3. The van der Waals surface area contributed by atoms with Crippen molar-refractivity contribution < 1.29 is 85.7 Å². The molecule has 0 radical (unpaired) electrons. The van der Waals surface area contributed by atoms with E-state index in [-0.39, 0.29) is 50.0 Å². The van der Waals surface area contributed by atoms with Crippen molar-refractivity contribution in [3.8, 4) is 0 Å². The van der Waals surface area contributed by atoms with Crippen LogP contribution in [0.25, 0.3) is 10.9 Å². The van der Waals surface area contributed by atoms with Crippen LogP contribution in [0.1, 0.15) is 124 Å². The lowest BCUT2D eigenvalue weighted by Gasteiger charge is -2.49. The van der Waals surface area contributed by atoms with Gasteiger partial charge >= 0.3 is 11.9 Å². The summed E-state index contributed by atoms with van der Waals surface area (Å²) in [6, 6.07) is 4.99. The number of rotatable bonds is 21. The number of ether oxygens (including phenoxy) is 7. The van der Waals surface area contributed by atoms with Crippen molar-refractivity contribution in [3.05, 3.63) is 45.7 Å². The first-order valence-electron chi connectivity index (χ1n) is 27.9. The maximum Gasteiger partial charge on any atom is 0.341 e. The number of cyclic esters (lactones) is 1. The maximum absolute atomic E-state index is 14.6. The van der Waals surface area contributed by atoms with Gasteiger partial charge < -0.3 is 78.3 Å². The number of aryl methyl sites for hydroxylation is 2. The molecule has 0 spiro atoms. The average Bonchev–Trinajstić information content (AvgIpc) is 3.42. The number of carboxylic acids is 1. The van der Waals surface area contributed by atoms with Gasteiger partial charge in [0.05, 0.1) is 64.6 Å². The molecule has 3 saturated heterocycles. The molecule has 18 atom stereocenters. The van der Waals surface area contributed by atoms with Crippen LogP contribution in [-0.4, -0.2) is 199 Å². The minimum Gasteiger partial charge on any atom is -0.477 e. The van der Waals surface area contributed by atoms with Crippen molar-refractivity contribution in [2.24, 2.45) is 28.8 Å². The summed E-state index contributed by atoms with van der Waals surface area (Å²) in [6.45, 7) is 19.1. The first-order chi connectivity index (χ1) is 37.4. The van der Waals surface area contributed by atoms with Gasteiger partial charge in [-0.3, -0.25) is 13.8 Å². The number of nitrogens with one attached hydrogen (secondary N) is 1. The van der Waals surface area contributed by atoms with E-state index in [0.29, 0.717) is 43.3 Å². The summed E-state index contributed by atoms with van der Waals surface area (Å²) < 4.78 is 78.6. The van der Waals surface area contributed by atoms with Crippen molar-refractivity contribution in [1.29, 1.82) is 0 Å². The van der Waals surface area contributed by atoms with Crippen LogP contribution >= 0.6 is 0 Å². The second-order valence-corrected chi connectivity index (χ2v) is 24.8. The molecule has 23 nitrogen and oxygen atoms in total. The number of methoxy groups -OCH3 is 2. The monoisotopic (exact) mass is 1160 g/mol. The molecule has 4 heterocycles. The van der Waals surface area contributed by atoms with Crippen molar-refractivity contribution in [1.82, 2.24) is 14.8 Å². The number of aliphatic hydroxyl groups is 4. The number of fused-ring (bicyclic) bond motifs is 1. The molecule has 2 aromatic rings. The summed E-state index contributed by atoms with van der Waals surface area (Å²) >= 11 is 0. The molecule has 1 aromatic heterocycles. The summed E-state index contributed by atoms with van der Waals surface area (Å²) in [6.07, 6.45) is -8.69. The number of oxime groups is 1. The number of nitrogens with zero attached hydrogens (tertiary/aromatic N) is 3. The Bertz CT molecular complexity index is 2580. The van der Waals surface area contributed by atoms with Gasteiger partial charge in [-0.05, 0) is 119 Å². The fourth-order valence-corrected chi connectivity index (χ4v) is 13.0. The van der Waals surface area contributed by atoms with Crippen molar-refractivity contribution in [3.63, 3.8) is 0 Å². The molecular formula is C56H92N4O19S. The fourth-order valence-electron chi connectivity index (χ4n) is 11.9. The number of carbonyl (C=O) groups is 2. The number of aromatic carboxylic acids is 1. The molecule has 5 rings (SSSR count). The van der Waals surface area contributed by atoms with Gasteiger partial charge in [0, 0.05) is 69.1 Å². The Hall–Kier alpha value is -3.73. The van der Waals surface area contributed by atoms with Crippen LogP contribution in [0.5, 0.6) is 0 Å².